The molecule has 1 aliphatic carbocycles. The van der Waals surface area contributed by atoms with Gasteiger partial charge in [0.05, 0.1) is 0 Å². The summed E-state index contributed by atoms with van der Waals surface area (Å²) in [6.45, 7) is 2.47. The summed E-state index contributed by atoms with van der Waals surface area (Å²) in [4.78, 5) is 29.3. The van der Waals surface area contributed by atoms with Crippen molar-refractivity contribution >= 4 is 11.8 Å². The smallest absolute Gasteiger partial charge is 0.254 e. The van der Waals surface area contributed by atoms with E-state index in [9.17, 15) is 18.4 Å². The Morgan fingerprint density at radius 2 is 1.60 bits per heavy atom. The molecule has 4 rings (SSSR count). The van der Waals surface area contributed by atoms with Crippen molar-refractivity contribution in [3.8, 4) is 0 Å². The van der Waals surface area contributed by atoms with Gasteiger partial charge in [0.1, 0.15) is 17.7 Å². The van der Waals surface area contributed by atoms with Crippen LogP contribution < -0.4 is 5.32 Å². The lowest BCUT2D eigenvalue weighted by Crippen LogP contribution is -2.52. The Hall–Kier alpha value is -2.80. The first kappa shape index (κ1) is 20.5. The van der Waals surface area contributed by atoms with Crippen molar-refractivity contribution in [2.45, 2.75) is 18.9 Å². The Labute approximate surface area is 174 Å². The predicted octanol–water partition coefficient (Wildman–Crippen LogP) is 2.99. The van der Waals surface area contributed by atoms with E-state index in [4.69, 9.17) is 0 Å². The average Bonchev–Trinajstić information content (AvgIpc) is 3.57. The van der Waals surface area contributed by atoms with Crippen LogP contribution >= 0.6 is 0 Å². The van der Waals surface area contributed by atoms with Crippen LogP contribution in [0.25, 0.3) is 0 Å². The summed E-state index contributed by atoms with van der Waals surface area (Å²) in [6.07, 6.45) is 2.33. The Morgan fingerprint density at radius 3 is 2.20 bits per heavy atom. The summed E-state index contributed by atoms with van der Waals surface area (Å²) in [5, 5.41) is 3.07. The fourth-order valence-electron chi connectivity index (χ4n) is 3.87. The minimum atomic E-state index is -0.770. The van der Waals surface area contributed by atoms with Crippen molar-refractivity contribution in [2.75, 3.05) is 32.7 Å². The second-order valence-corrected chi connectivity index (χ2v) is 7.99. The Balaban J connectivity index is 1.44. The molecule has 1 aliphatic heterocycles. The first-order chi connectivity index (χ1) is 14.5. The number of nitrogens with zero attached hydrogens (tertiary/aromatic N) is 2. The molecule has 158 valence electrons. The number of nitrogens with one attached hydrogen (secondary N) is 1. The van der Waals surface area contributed by atoms with Crippen LogP contribution in [0.2, 0.25) is 0 Å². The highest BCUT2D eigenvalue weighted by Crippen LogP contribution is 2.28. The average molecular weight is 413 g/mol. The minimum absolute atomic E-state index is 0.00253. The fourth-order valence-corrected chi connectivity index (χ4v) is 3.87. The number of rotatable bonds is 6. The number of carbonyl (C=O) groups excluding carboxylic acids is 2. The van der Waals surface area contributed by atoms with Gasteiger partial charge in [-0.05, 0) is 36.5 Å². The quantitative estimate of drug-likeness (QED) is 0.792. The van der Waals surface area contributed by atoms with Crippen LogP contribution in [0.1, 0.15) is 34.8 Å². The zero-order valence-electron chi connectivity index (χ0n) is 16.7. The zero-order chi connectivity index (χ0) is 21.1. The summed E-state index contributed by atoms with van der Waals surface area (Å²) in [5.74, 6) is -1.38. The van der Waals surface area contributed by atoms with Gasteiger partial charge in [0.2, 0.25) is 5.91 Å². The van der Waals surface area contributed by atoms with Crippen molar-refractivity contribution in [2.24, 2.45) is 5.92 Å². The van der Waals surface area contributed by atoms with Gasteiger partial charge < -0.3 is 10.2 Å². The molecule has 0 unspecified atom stereocenters. The highest BCUT2D eigenvalue weighted by molar-refractivity contribution is 5.94. The van der Waals surface area contributed by atoms with Gasteiger partial charge >= 0.3 is 0 Å². The first-order valence-electron chi connectivity index (χ1n) is 10.3. The van der Waals surface area contributed by atoms with Crippen LogP contribution in [-0.4, -0.2) is 54.3 Å². The molecule has 2 aromatic rings. The molecule has 1 N–H and O–H groups in total. The number of hydrogen-bond donors (Lipinski definition) is 1. The normalized spacial score (nSPS) is 18.1. The topological polar surface area (TPSA) is 52.7 Å². The zero-order valence-corrected chi connectivity index (χ0v) is 16.7. The van der Waals surface area contributed by atoms with Crippen molar-refractivity contribution in [3.05, 3.63) is 71.3 Å². The molecule has 2 amide bonds. The third-order valence-corrected chi connectivity index (χ3v) is 5.70. The largest absolute Gasteiger partial charge is 0.354 e. The molecular weight excluding hydrogens is 388 g/mol. The number of hydrogen-bond acceptors (Lipinski definition) is 3. The van der Waals surface area contributed by atoms with Crippen LogP contribution in [-0.2, 0) is 4.79 Å². The first-order valence-corrected chi connectivity index (χ1v) is 10.3. The van der Waals surface area contributed by atoms with Crippen molar-refractivity contribution < 1.29 is 18.4 Å². The Bertz CT molecular complexity index is 890. The van der Waals surface area contributed by atoms with Crippen molar-refractivity contribution in [1.82, 2.24) is 15.1 Å². The van der Waals surface area contributed by atoms with Crippen LogP contribution in [0.3, 0.4) is 0 Å². The molecule has 0 aromatic heterocycles. The molecule has 0 bridgehead atoms. The van der Waals surface area contributed by atoms with Crippen LogP contribution in [0.5, 0.6) is 0 Å². The van der Waals surface area contributed by atoms with E-state index < -0.39 is 23.6 Å². The third-order valence-electron chi connectivity index (χ3n) is 5.70. The van der Waals surface area contributed by atoms with Gasteiger partial charge in [-0.2, -0.15) is 0 Å². The maximum atomic E-state index is 13.5. The number of halogens is 2. The lowest BCUT2D eigenvalue weighted by Gasteiger charge is -2.38. The van der Waals surface area contributed by atoms with E-state index in [1.165, 1.54) is 0 Å². The number of piperazine rings is 1. The van der Waals surface area contributed by atoms with E-state index in [1.807, 2.05) is 30.3 Å². The third kappa shape index (κ3) is 4.84. The van der Waals surface area contributed by atoms with Crippen molar-refractivity contribution in [1.29, 1.82) is 0 Å². The van der Waals surface area contributed by atoms with E-state index >= 15 is 0 Å². The molecule has 2 aromatic carbocycles. The van der Waals surface area contributed by atoms with Crippen LogP contribution in [0.4, 0.5) is 8.78 Å². The predicted molar refractivity (Wildman–Crippen MR) is 109 cm³/mol. The molecular formula is C23H25F2N3O2. The highest BCUT2D eigenvalue weighted by atomic mass is 19.1. The molecule has 5 nitrogen and oxygen atoms in total. The molecule has 2 aliphatic rings. The van der Waals surface area contributed by atoms with Gasteiger partial charge in [0.15, 0.2) is 0 Å². The van der Waals surface area contributed by atoms with Crippen LogP contribution in [0, 0.1) is 17.6 Å². The summed E-state index contributed by atoms with van der Waals surface area (Å²) in [7, 11) is 0. The SMILES string of the molecule is O=C(NCC1CC1)[C@@H](c1ccccc1)N1CCN(C(=O)c2cc(F)cc(F)c2)CC1. The maximum absolute atomic E-state index is 13.5. The summed E-state index contributed by atoms with van der Waals surface area (Å²) < 4.78 is 26.9. The summed E-state index contributed by atoms with van der Waals surface area (Å²) >= 11 is 0. The van der Waals surface area contributed by atoms with Crippen LogP contribution in [0.15, 0.2) is 48.5 Å². The van der Waals surface area contributed by atoms with Gasteiger partial charge in [-0.25, -0.2) is 8.78 Å². The van der Waals surface area contributed by atoms with E-state index in [0.29, 0.717) is 38.6 Å². The van der Waals surface area contributed by atoms with Gasteiger partial charge in [-0.15, -0.1) is 0 Å². The van der Waals surface area contributed by atoms with Gasteiger partial charge in [-0.1, -0.05) is 30.3 Å². The number of amides is 2. The van der Waals surface area contributed by atoms with Gasteiger partial charge in [0.25, 0.3) is 5.91 Å². The van der Waals surface area contributed by atoms with E-state index in [0.717, 1.165) is 36.6 Å². The molecule has 1 saturated carbocycles. The number of carbonyl (C=O) groups is 2. The van der Waals surface area contributed by atoms with Crippen molar-refractivity contribution in [3.63, 3.8) is 0 Å². The lowest BCUT2D eigenvalue weighted by molar-refractivity contribution is -0.127. The Morgan fingerprint density at radius 1 is 0.967 bits per heavy atom. The summed E-state index contributed by atoms with van der Waals surface area (Å²) in [6, 6.07) is 12.0. The molecule has 0 radical (unpaired) electrons. The second-order valence-electron chi connectivity index (χ2n) is 7.99. The van der Waals surface area contributed by atoms with E-state index in [2.05, 4.69) is 10.2 Å². The fraction of sp³-hybridized carbons (Fsp3) is 0.391. The maximum Gasteiger partial charge on any atom is 0.254 e. The second kappa shape index (κ2) is 8.92. The van der Waals surface area contributed by atoms with E-state index in [1.54, 1.807) is 4.90 Å². The molecule has 30 heavy (non-hydrogen) atoms. The minimum Gasteiger partial charge on any atom is -0.354 e. The highest BCUT2D eigenvalue weighted by Gasteiger charge is 2.33. The molecule has 1 heterocycles. The molecule has 0 spiro atoms. The van der Waals surface area contributed by atoms with Gasteiger partial charge in [-0.3, -0.25) is 14.5 Å². The molecule has 1 atom stereocenters. The lowest BCUT2D eigenvalue weighted by atomic mass is 10.0. The van der Waals surface area contributed by atoms with E-state index in [-0.39, 0.29) is 11.5 Å². The summed E-state index contributed by atoms with van der Waals surface area (Å²) in [5.41, 5.74) is 0.917. The number of benzene rings is 2. The monoisotopic (exact) mass is 413 g/mol. The molecule has 2 fully saturated rings. The Kier molecular flexibility index (Phi) is 6.08. The molecule has 1 saturated heterocycles. The standard InChI is InChI=1S/C23H25F2N3O2/c24-19-12-18(13-20(25)14-19)23(30)28-10-8-27(9-11-28)21(17-4-2-1-3-5-17)22(29)26-15-16-6-7-16/h1-5,12-14,16,21H,6-11,15H2,(H,26,29)/t21-/m1/s1. The van der Waals surface area contributed by atoms with Gasteiger partial charge in [0, 0.05) is 44.4 Å². The molecule has 7 heteroatoms.